The van der Waals surface area contributed by atoms with Crippen molar-refractivity contribution in [2.75, 3.05) is 6.54 Å². The quantitative estimate of drug-likeness (QED) is 0.701. The lowest BCUT2D eigenvalue weighted by atomic mass is 10.2. The first kappa shape index (κ1) is 12.2. The molecular formula is C11H22N4. The Bertz CT molecular complexity index is 267. The van der Waals surface area contributed by atoms with E-state index in [0.717, 1.165) is 18.9 Å². The number of aromatic nitrogens is 3. The zero-order chi connectivity index (χ0) is 11.1. The van der Waals surface area contributed by atoms with E-state index in [9.17, 15) is 0 Å². The Hall–Kier alpha value is -0.900. The van der Waals surface area contributed by atoms with E-state index in [1.165, 1.54) is 19.3 Å². The maximum Gasteiger partial charge on any atom is 0.141 e. The van der Waals surface area contributed by atoms with Gasteiger partial charge in [0.05, 0.1) is 6.54 Å². The van der Waals surface area contributed by atoms with Crippen LogP contribution in [-0.4, -0.2) is 21.3 Å². The largest absolute Gasteiger partial charge is 0.310 e. The summed E-state index contributed by atoms with van der Waals surface area (Å²) >= 11 is 0. The van der Waals surface area contributed by atoms with E-state index in [1.807, 2.05) is 4.68 Å². The second kappa shape index (κ2) is 6.56. The third kappa shape index (κ3) is 4.00. The van der Waals surface area contributed by atoms with Gasteiger partial charge in [-0.25, -0.2) is 9.67 Å². The van der Waals surface area contributed by atoms with Gasteiger partial charge in [0, 0.05) is 6.04 Å². The third-order valence-electron chi connectivity index (χ3n) is 2.38. The zero-order valence-electron chi connectivity index (χ0n) is 10.0. The molecule has 1 heterocycles. The molecule has 0 atom stereocenters. The van der Waals surface area contributed by atoms with Crippen LogP contribution >= 0.6 is 0 Å². The molecule has 4 nitrogen and oxygen atoms in total. The van der Waals surface area contributed by atoms with Gasteiger partial charge >= 0.3 is 0 Å². The molecule has 86 valence electrons. The molecule has 0 aliphatic carbocycles. The Morgan fingerprint density at radius 1 is 1.40 bits per heavy atom. The second-order valence-electron chi connectivity index (χ2n) is 4.10. The minimum absolute atomic E-state index is 0.389. The lowest BCUT2D eigenvalue weighted by molar-refractivity contribution is 0.487. The molecule has 0 saturated heterocycles. The van der Waals surface area contributed by atoms with Gasteiger partial charge in [-0.3, -0.25) is 0 Å². The molecule has 0 aliphatic rings. The summed E-state index contributed by atoms with van der Waals surface area (Å²) in [5.41, 5.74) is 0. The third-order valence-corrected chi connectivity index (χ3v) is 2.38. The van der Waals surface area contributed by atoms with E-state index in [4.69, 9.17) is 0 Å². The summed E-state index contributed by atoms with van der Waals surface area (Å²) in [5, 5.41) is 7.59. The van der Waals surface area contributed by atoms with Gasteiger partial charge in [-0.15, -0.1) is 0 Å². The summed E-state index contributed by atoms with van der Waals surface area (Å²) in [5.74, 6) is 1.03. The van der Waals surface area contributed by atoms with E-state index < -0.39 is 0 Å². The number of hydrogen-bond donors (Lipinski definition) is 1. The summed E-state index contributed by atoms with van der Waals surface area (Å²) in [6, 6.07) is 0.389. The molecule has 1 N–H and O–H groups in total. The fourth-order valence-corrected chi connectivity index (χ4v) is 1.53. The van der Waals surface area contributed by atoms with Crippen LogP contribution in [-0.2, 0) is 6.54 Å². The Balaban J connectivity index is 2.28. The van der Waals surface area contributed by atoms with Gasteiger partial charge in [0.2, 0.25) is 0 Å². The predicted octanol–water partition coefficient (Wildman–Crippen LogP) is 2.14. The maximum atomic E-state index is 4.24. The molecular weight excluding hydrogens is 188 g/mol. The van der Waals surface area contributed by atoms with Gasteiger partial charge in [0.15, 0.2) is 0 Å². The standard InChI is InChI=1S/C11H22N4/c1-4-5-6-7-12-8-11-13-9-14-15(11)10(2)3/h9-10,12H,4-8H2,1-3H3. The Morgan fingerprint density at radius 2 is 2.20 bits per heavy atom. The molecule has 1 rings (SSSR count). The zero-order valence-corrected chi connectivity index (χ0v) is 10.0. The molecule has 1 aromatic heterocycles. The number of unbranched alkanes of at least 4 members (excludes halogenated alkanes) is 2. The number of nitrogens with one attached hydrogen (secondary N) is 1. The average molecular weight is 210 g/mol. The molecule has 4 heteroatoms. The van der Waals surface area contributed by atoms with Gasteiger partial charge < -0.3 is 5.32 Å². The molecule has 0 saturated carbocycles. The van der Waals surface area contributed by atoms with Gasteiger partial charge in [0.25, 0.3) is 0 Å². The highest BCUT2D eigenvalue weighted by atomic mass is 15.3. The lowest BCUT2D eigenvalue weighted by Crippen LogP contribution is -2.19. The van der Waals surface area contributed by atoms with Gasteiger partial charge in [-0.2, -0.15) is 5.10 Å². The normalized spacial score (nSPS) is 11.2. The first-order valence-electron chi connectivity index (χ1n) is 5.84. The van der Waals surface area contributed by atoms with Crippen molar-refractivity contribution in [2.45, 2.75) is 52.6 Å². The van der Waals surface area contributed by atoms with Crippen LogP contribution in [0.1, 0.15) is 51.9 Å². The van der Waals surface area contributed by atoms with Gasteiger partial charge in [-0.05, 0) is 26.8 Å². The van der Waals surface area contributed by atoms with E-state index in [0.29, 0.717) is 6.04 Å². The highest BCUT2D eigenvalue weighted by molar-refractivity contribution is 4.85. The summed E-state index contributed by atoms with van der Waals surface area (Å²) in [7, 11) is 0. The summed E-state index contributed by atoms with van der Waals surface area (Å²) in [4.78, 5) is 4.24. The van der Waals surface area contributed by atoms with Gasteiger partial charge in [0.1, 0.15) is 12.2 Å². The smallest absolute Gasteiger partial charge is 0.141 e. The first-order chi connectivity index (χ1) is 7.25. The van der Waals surface area contributed by atoms with Crippen molar-refractivity contribution in [3.05, 3.63) is 12.2 Å². The Kier molecular flexibility index (Phi) is 5.32. The topological polar surface area (TPSA) is 42.7 Å². The van der Waals surface area contributed by atoms with Crippen LogP contribution in [0.2, 0.25) is 0 Å². The fourth-order valence-electron chi connectivity index (χ4n) is 1.53. The number of nitrogens with zero attached hydrogens (tertiary/aromatic N) is 3. The van der Waals surface area contributed by atoms with E-state index >= 15 is 0 Å². The molecule has 1 aromatic rings. The van der Waals surface area contributed by atoms with Crippen LogP contribution in [0, 0.1) is 0 Å². The van der Waals surface area contributed by atoms with Crippen LogP contribution in [0.25, 0.3) is 0 Å². The van der Waals surface area contributed by atoms with Crippen molar-refractivity contribution >= 4 is 0 Å². The Morgan fingerprint density at radius 3 is 2.87 bits per heavy atom. The number of rotatable bonds is 7. The lowest BCUT2D eigenvalue weighted by Gasteiger charge is -2.09. The molecule has 0 unspecified atom stereocenters. The molecule has 0 aromatic carbocycles. The molecule has 0 aliphatic heterocycles. The van der Waals surface area contributed by atoms with Crippen molar-refractivity contribution < 1.29 is 0 Å². The minimum atomic E-state index is 0.389. The summed E-state index contributed by atoms with van der Waals surface area (Å²) in [6.45, 7) is 8.35. The highest BCUT2D eigenvalue weighted by Crippen LogP contribution is 2.04. The van der Waals surface area contributed by atoms with E-state index in [2.05, 4.69) is 36.2 Å². The van der Waals surface area contributed by atoms with Crippen LogP contribution in [0.3, 0.4) is 0 Å². The fraction of sp³-hybridized carbons (Fsp3) is 0.818. The van der Waals surface area contributed by atoms with Crippen molar-refractivity contribution in [3.63, 3.8) is 0 Å². The molecule has 0 fully saturated rings. The van der Waals surface area contributed by atoms with Crippen LogP contribution in [0.5, 0.6) is 0 Å². The predicted molar refractivity (Wildman–Crippen MR) is 61.6 cm³/mol. The summed E-state index contributed by atoms with van der Waals surface area (Å²) in [6.07, 6.45) is 5.43. The number of hydrogen-bond acceptors (Lipinski definition) is 3. The Labute approximate surface area is 92.1 Å². The van der Waals surface area contributed by atoms with Crippen molar-refractivity contribution in [2.24, 2.45) is 0 Å². The highest BCUT2D eigenvalue weighted by Gasteiger charge is 2.05. The van der Waals surface area contributed by atoms with Crippen molar-refractivity contribution in [3.8, 4) is 0 Å². The van der Waals surface area contributed by atoms with Crippen LogP contribution < -0.4 is 5.32 Å². The minimum Gasteiger partial charge on any atom is -0.310 e. The van der Waals surface area contributed by atoms with E-state index in [1.54, 1.807) is 6.33 Å². The molecule has 0 bridgehead atoms. The molecule has 15 heavy (non-hydrogen) atoms. The van der Waals surface area contributed by atoms with Crippen LogP contribution in [0.4, 0.5) is 0 Å². The second-order valence-corrected chi connectivity index (χ2v) is 4.10. The molecule has 0 amide bonds. The molecule has 0 radical (unpaired) electrons. The maximum absolute atomic E-state index is 4.24. The van der Waals surface area contributed by atoms with Gasteiger partial charge in [-0.1, -0.05) is 19.8 Å². The first-order valence-corrected chi connectivity index (χ1v) is 5.84. The summed E-state index contributed by atoms with van der Waals surface area (Å²) < 4.78 is 1.97. The van der Waals surface area contributed by atoms with Crippen LogP contribution in [0.15, 0.2) is 6.33 Å². The van der Waals surface area contributed by atoms with E-state index in [-0.39, 0.29) is 0 Å². The molecule has 0 spiro atoms. The van der Waals surface area contributed by atoms with Crippen molar-refractivity contribution in [1.82, 2.24) is 20.1 Å². The SMILES string of the molecule is CCCCCNCc1ncnn1C(C)C. The monoisotopic (exact) mass is 210 g/mol. The average Bonchev–Trinajstić information content (AvgIpc) is 2.66. The van der Waals surface area contributed by atoms with Crippen molar-refractivity contribution in [1.29, 1.82) is 0 Å².